The number of esters is 1. The van der Waals surface area contributed by atoms with E-state index in [1.807, 2.05) is 24.3 Å². The smallest absolute Gasteiger partial charge is 0.338 e. The number of rotatable bonds is 5. The van der Waals surface area contributed by atoms with E-state index in [0.29, 0.717) is 28.5 Å². The lowest BCUT2D eigenvalue weighted by Gasteiger charge is -2.16. The first-order valence-corrected chi connectivity index (χ1v) is 11.0. The van der Waals surface area contributed by atoms with Gasteiger partial charge in [0.2, 0.25) is 5.91 Å². The minimum atomic E-state index is -0.669. The Morgan fingerprint density at radius 3 is 2.79 bits per heavy atom. The first kappa shape index (κ1) is 20.9. The van der Waals surface area contributed by atoms with E-state index < -0.39 is 18.5 Å². The fourth-order valence-corrected chi connectivity index (χ4v) is 4.42. The van der Waals surface area contributed by atoms with E-state index in [1.54, 1.807) is 24.3 Å². The van der Waals surface area contributed by atoms with Crippen LogP contribution in [-0.4, -0.2) is 37.3 Å². The Morgan fingerprint density at radius 1 is 1.09 bits per heavy atom. The van der Waals surface area contributed by atoms with E-state index in [1.165, 1.54) is 24.9 Å². The maximum Gasteiger partial charge on any atom is 0.338 e. The number of furan rings is 1. The van der Waals surface area contributed by atoms with E-state index in [2.05, 4.69) is 10.6 Å². The molecule has 2 heterocycles. The number of carbonyl (C=O) groups is 3. The summed E-state index contributed by atoms with van der Waals surface area (Å²) >= 11 is 1.39. The zero-order valence-corrected chi connectivity index (χ0v) is 18.3. The number of amides is 2. The summed E-state index contributed by atoms with van der Waals surface area (Å²) in [5.41, 5.74) is 2.52. The molecule has 3 aromatic carbocycles. The van der Waals surface area contributed by atoms with Crippen molar-refractivity contribution >= 4 is 62.9 Å². The summed E-state index contributed by atoms with van der Waals surface area (Å²) in [7, 11) is 1.51. The van der Waals surface area contributed by atoms with E-state index in [4.69, 9.17) is 13.9 Å². The molecule has 0 atom stereocenters. The maximum atomic E-state index is 12.5. The van der Waals surface area contributed by atoms with Crippen LogP contribution in [0.3, 0.4) is 0 Å². The number of nitrogens with one attached hydrogen (secondary N) is 2. The number of hydrogen-bond donors (Lipinski definition) is 2. The van der Waals surface area contributed by atoms with Crippen molar-refractivity contribution in [2.24, 2.45) is 0 Å². The van der Waals surface area contributed by atoms with Gasteiger partial charge in [-0.15, -0.1) is 11.8 Å². The molecule has 0 saturated carbocycles. The van der Waals surface area contributed by atoms with Crippen molar-refractivity contribution < 1.29 is 28.3 Å². The van der Waals surface area contributed by atoms with Gasteiger partial charge in [0, 0.05) is 21.7 Å². The molecule has 1 aliphatic rings. The largest absolute Gasteiger partial charge is 0.495 e. The number of thioether (sulfide) groups is 1. The Labute approximate surface area is 192 Å². The van der Waals surface area contributed by atoms with Crippen LogP contribution >= 0.6 is 11.8 Å². The van der Waals surface area contributed by atoms with Gasteiger partial charge in [-0.1, -0.05) is 18.2 Å². The normalized spacial score (nSPS) is 12.8. The SMILES string of the molecule is COc1cc2c(cc1NC(=O)COC(=O)c1ccc3c(c1)NC(=O)CS3)oc1ccccc12. The monoisotopic (exact) mass is 462 g/mol. The van der Waals surface area contributed by atoms with Crippen molar-refractivity contribution in [3.63, 3.8) is 0 Å². The second-order valence-electron chi connectivity index (χ2n) is 7.32. The second-order valence-corrected chi connectivity index (χ2v) is 8.34. The molecule has 2 N–H and O–H groups in total. The van der Waals surface area contributed by atoms with Crippen LogP contribution in [0.15, 0.2) is 63.9 Å². The molecule has 166 valence electrons. The number of anilines is 2. The highest BCUT2D eigenvalue weighted by molar-refractivity contribution is 8.00. The summed E-state index contributed by atoms with van der Waals surface area (Å²) in [6.45, 7) is -0.488. The highest BCUT2D eigenvalue weighted by Crippen LogP contribution is 2.36. The Morgan fingerprint density at radius 2 is 1.94 bits per heavy atom. The average molecular weight is 462 g/mol. The highest BCUT2D eigenvalue weighted by Gasteiger charge is 2.19. The fraction of sp³-hybridized carbons (Fsp3) is 0.125. The molecular formula is C24H18N2O6S. The number of methoxy groups -OCH3 is 1. The predicted octanol–water partition coefficient (Wildman–Crippen LogP) is 4.43. The molecule has 2 amide bonds. The molecule has 0 aliphatic carbocycles. The topological polar surface area (TPSA) is 107 Å². The molecule has 0 fully saturated rings. The van der Waals surface area contributed by atoms with Crippen molar-refractivity contribution in [1.29, 1.82) is 0 Å². The van der Waals surface area contributed by atoms with Crippen LogP contribution in [-0.2, 0) is 14.3 Å². The van der Waals surface area contributed by atoms with Crippen LogP contribution in [0.4, 0.5) is 11.4 Å². The zero-order valence-electron chi connectivity index (χ0n) is 17.5. The Kier molecular flexibility index (Phi) is 5.39. The molecule has 8 nitrogen and oxygen atoms in total. The Balaban J connectivity index is 1.29. The van der Waals surface area contributed by atoms with Crippen molar-refractivity contribution in [2.75, 3.05) is 30.1 Å². The number of hydrogen-bond acceptors (Lipinski definition) is 7. The zero-order chi connectivity index (χ0) is 22.9. The van der Waals surface area contributed by atoms with Crippen molar-refractivity contribution in [3.8, 4) is 5.75 Å². The standard InChI is InChI=1S/C24H18N2O6S/c1-30-20-9-15-14-4-2-3-5-18(14)32-19(15)10-16(20)25-22(27)11-31-24(29)13-6-7-21-17(8-13)26-23(28)12-33-21/h2-10H,11-12H2,1H3,(H,25,27)(H,26,28). The van der Waals surface area contributed by atoms with Crippen molar-refractivity contribution in [3.05, 3.63) is 60.2 Å². The van der Waals surface area contributed by atoms with Gasteiger partial charge in [-0.25, -0.2) is 4.79 Å². The molecule has 1 aliphatic heterocycles. The van der Waals surface area contributed by atoms with Gasteiger partial charge in [0.1, 0.15) is 16.9 Å². The average Bonchev–Trinajstić information content (AvgIpc) is 3.18. The highest BCUT2D eigenvalue weighted by atomic mass is 32.2. The quantitative estimate of drug-likeness (QED) is 0.423. The van der Waals surface area contributed by atoms with Gasteiger partial charge in [0.15, 0.2) is 6.61 Å². The van der Waals surface area contributed by atoms with Crippen LogP contribution in [0.2, 0.25) is 0 Å². The minimum absolute atomic E-state index is 0.132. The van der Waals surface area contributed by atoms with Gasteiger partial charge in [-0.3, -0.25) is 9.59 Å². The van der Waals surface area contributed by atoms with Crippen LogP contribution in [0.5, 0.6) is 5.75 Å². The number of para-hydroxylation sites is 1. The maximum absolute atomic E-state index is 12.5. The van der Waals surface area contributed by atoms with E-state index >= 15 is 0 Å². The number of benzene rings is 3. The molecule has 33 heavy (non-hydrogen) atoms. The second kappa shape index (κ2) is 8.51. The van der Waals surface area contributed by atoms with Crippen LogP contribution in [0.25, 0.3) is 21.9 Å². The summed E-state index contributed by atoms with van der Waals surface area (Å²) in [4.78, 5) is 37.3. The molecule has 4 aromatic rings. The van der Waals surface area contributed by atoms with Gasteiger partial charge in [-0.2, -0.15) is 0 Å². The summed E-state index contributed by atoms with van der Waals surface area (Å²) in [5, 5.41) is 7.23. The Bertz CT molecular complexity index is 1430. The molecule has 0 unspecified atom stereocenters. The van der Waals surface area contributed by atoms with E-state index in [-0.39, 0.29) is 11.5 Å². The summed E-state index contributed by atoms with van der Waals surface area (Å²) < 4.78 is 16.4. The first-order valence-electron chi connectivity index (χ1n) is 10.0. The van der Waals surface area contributed by atoms with E-state index in [9.17, 15) is 14.4 Å². The predicted molar refractivity (Wildman–Crippen MR) is 125 cm³/mol. The lowest BCUT2D eigenvalue weighted by Crippen LogP contribution is -2.22. The summed E-state index contributed by atoms with van der Waals surface area (Å²) in [6.07, 6.45) is 0. The first-order chi connectivity index (χ1) is 16.0. The molecular weight excluding hydrogens is 444 g/mol. The van der Waals surface area contributed by atoms with Crippen molar-refractivity contribution in [1.82, 2.24) is 0 Å². The van der Waals surface area contributed by atoms with Gasteiger partial charge in [0.25, 0.3) is 5.91 Å². The lowest BCUT2D eigenvalue weighted by molar-refractivity contribution is -0.119. The lowest BCUT2D eigenvalue weighted by atomic mass is 10.1. The third kappa shape index (κ3) is 4.10. The van der Waals surface area contributed by atoms with E-state index in [0.717, 1.165) is 21.3 Å². The van der Waals surface area contributed by atoms with Gasteiger partial charge in [0.05, 0.1) is 29.8 Å². The molecule has 5 rings (SSSR count). The summed E-state index contributed by atoms with van der Waals surface area (Å²) in [5.74, 6) is -0.541. The number of ether oxygens (including phenoxy) is 2. The molecule has 0 radical (unpaired) electrons. The van der Waals surface area contributed by atoms with Gasteiger partial charge in [-0.05, 0) is 30.3 Å². The molecule has 0 spiro atoms. The third-order valence-electron chi connectivity index (χ3n) is 5.16. The van der Waals surface area contributed by atoms with Crippen LogP contribution in [0, 0.1) is 0 Å². The van der Waals surface area contributed by atoms with Gasteiger partial charge >= 0.3 is 5.97 Å². The van der Waals surface area contributed by atoms with Crippen LogP contribution in [0.1, 0.15) is 10.4 Å². The van der Waals surface area contributed by atoms with Crippen LogP contribution < -0.4 is 15.4 Å². The fourth-order valence-electron chi connectivity index (χ4n) is 3.63. The minimum Gasteiger partial charge on any atom is -0.495 e. The Hall–Kier alpha value is -3.98. The number of carbonyl (C=O) groups excluding carboxylic acids is 3. The molecule has 1 aromatic heterocycles. The van der Waals surface area contributed by atoms with Crippen molar-refractivity contribution in [2.45, 2.75) is 4.90 Å². The molecule has 9 heteroatoms. The molecule has 0 saturated heterocycles. The summed E-state index contributed by atoms with van der Waals surface area (Å²) in [6, 6.07) is 16.0. The third-order valence-corrected chi connectivity index (χ3v) is 6.23. The number of fused-ring (bicyclic) bond motifs is 4. The molecule has 0 bridgehead atoms. The van der Waals surface area contributed by atoms with Gasteiger partial charge < -0.3 is 24.5 Å².